The highest BCUT2D eigenvalue weighted by Crippen LogP contribution is 2.17. The molecule has 0 aliphatic carbocycles. The number of carbonyl (C=O) groups is 2. The Balaban J connectivity index is 2.15. The SMILES string of the molecule is Cc1ccccc1CN(C(=O)COc1ccc(Cl)cc1)[C@H](C)C(=O)NC(C)C. The van der Waals surface area contributed by atoms with E-state index in [2.05, 4.69) is 5.32 Å². The molecule has 2 aromatic rings. The average molecular weight is 403 g/mol. The molecule has 150 valence electrons. The summed E-state index contributed by atoms with van der Waals surface area (Å²) >= 11 is 5.87. The lowest BCUT2D eigenvalue weighted by atomic mass is 10.1. The molecule has 0 unspecified atom stereocenters. The number of benzene rings is 2. The van der Waals surface area contributed by atoms with Gasteiger partial charge in [-0.2, -0.15) is 0 Å². The molecule has 0 saturated heterocycles. The lowest BCUT2D eigenvalue weighted by molar-refractivity contribution is -0.142. The number of carbonyl (C=O) groups excluding carboxylic acids is 2. The highest BCUT2D eigenvalue weighted by molar-refractivity contribution is 6.30. The summed E-state index contributed by atoms with van der Waals surface area (Å²) in [4.78, 5) is 27.0. The van der Waals surface area contributed by atoms with Crippen molar-refractivity contribution in [2.75, 3.05) is 6.61 Å². The third-order valence-corrected chi connectivity index (χ3v) is 4.63. The van der Waals surface area contributed by atoms with Gasteiger partial charge >= 0.3 is 0 Å². The Labute approximate surface area is 171 Å². The molecule has 1 N–H and O–H groups in total. The minimum atomic E-state index is -0.622. The molecule has 0 saturated carbocycles. The van der Waals surface area contributed by atoms with Crippen molar-refractivity contribution in [1.82, 2.24) is 10.2 Å². The zero-order chi connectivity index (χ0) is 20.7. The Bertz CT molecular complexity index is 806. The van der Waals surface area contributed by atoms with E-state index in [1.165, 1.54) is 0 Å². The minimum absolute atomic E-state index is 0.00400. The molecule has 0 spiro atoms. The quantitative estimate of drug-likeness (QED) is 0.726. The Morgan fingerprint density at radius 3 is 2.32 bits per heavy atom. The standard InChI is InChI=1S/C22H27ClN2O3/c1-15(2)24-22(27)17(4)25(13-18-8-6-5-7-16(18)3)21(26)14-28-20-11-9-19(23)10-12-20/h5-12,15,17H,13-14H2,1-4H3,(H,24,27)/t17-/m1/s1. The van der Waals surface area contributed by atoms with Gasteiger partial charge in [-0.3, -0.25) is 9.59 Å². The third kappa shape index (κ3) is 6.27. The predicted molar refractivity (Wildman–Crippen MR) is 111 cm³/mol. The van der Waals surface area contributed by atoms with E-state index in [9.17, 15) is 9.59 Å². The fraction of sp³-hybridized carbons (Fsp3) is 0.364. The molecule has 0 aliphatic rings. The fourth-order valence-electron chi connectivity index (χ4n) is 2.72. The van der Waals surface area contributed by atoms with Crippen LogP contribution in [0.4, 0.5) is 0 Å². The van der Waals surface area contributed by atoms with Crippen molar-refractivity contribution in [3.05, 3.63) is 64.7 Å². The molecule has 0 aromatic heterocycles. The topological polar surface area (TPSA) is 58.6 Å². The van der Waals surface area contributed by atoms with Crippen LogP contribution in [0.5, 0.6) is 5.75 Å². The first-order valence-corrected chi connectivity index (χ1v) is 9.68. The first kappa shape index (κ1) is 21.8. The zero-order valence-electron chi connectivity index (χ0n) is 16.7. The Kier molecular flexibility index (Phi) is 7.88. The average Bonchev–Trinajstić information content (AvgIpc) is 2.65. The van der Waals surface area contributed by atoms with Crippen LogP contribution < -0.4 is 10.1 Å². The maximum atomic E-state index is 12.9. The van der Waals surface area contributed by atoms with Gasteiger partial charge in [0.25, 0.3) is 5.91 Å². The lowest BCUT2D eigenvalue weighted by Gasteiger charge is -2.29. The molecule has 5 nitrogen and oxygen atoms in total. The molecule has 6 heteroatoms. The van der Waals surface area contributed by atoms with Gasteiger partial charge in [0.2, 0.25) is 5.91 Å². The second kappa shape index (κ2) is 10.1. The van der Waals surface area contributed by atoms with Crippen LogP contribution in [-0.4, -0.2) is 35.4 Å². The molecule has 0 heterocycles. The van der Waals surface area contributed by atoms with Crippen LogP contribution in [0.3, 0.4) is 0 Å². The van der Waals surface area contributed by atoms with E-state index >= 15 is 0 Å². The van der Waals surface area contributed by atoms with E-state index in [1.54, 1.807) is 36.1 Å². The number of ether oxygens (including phenoxy) is 1. The summed E-state index contributed by atoms with van der Waals surface area (Å²) in [6, 6.07) is 14.0. The van der Waals surface area contributed by atoms with Crippen LogP contribution in [0, 0.1) is 6.92 Å². The summed E-state index contributed by atoms with van der Waals surface area (Å²) in [5.74, 6) is 0.0981. The third-order valence-electron chi connectivity index (χ3n) is 4.38. The number of rotatable bonds is 8. The van der Waals surface area contributed by atoms with Crippen LogP contribution in [0.1, 0.15) is 31.9 Å². The second-order valence-corrected chi connectivity index (χ2v) is 7.47. The number of hydrogen-bond acceptors (Lipinski definition) is 3. The van der Waals surface area contributed by atoms with E-state index < -0.39 is 6.04 Å². The maximum Gasteiger partial charge on any atom is 0.261 e. The minimum Gasteiger partial charge on any atom is -0.484 e. The lowest BCUT2D eigenvalue weighted by Crippen LogP contribution is -2.50. The molecular formula is C22H27ClN2O3. The number of halogens is 1. The van der Waals surface area contributed by atoms with Gasteiger partial charge in [0.1, 0.15) is 11.8 Å². The largest absolute Gasteiger partial charge is 0.484 e. The normalized spacial score (nSPS) is 11.8. The highest BCUT2D eigenvalue weighted by Gasteiger charge is 2.27. The van der Waals surface area contributed by atoms with Gasteiger partial charge in [0.15, 0.2) is 6.61 Å². The van der Waals surface area contributed by atoms with Gasteiger partial charge in [-0.25, -0.2) is 0 Å². The maximum absolute atomic E-state index is 12.9. The van der Waals surface area contributed by atoms with E-state index in [-0.39, 0.29) is 24.5 Å². The van der Waals surface area contributed by atoms with E-state index in [4.69, 9.17) is 16.3 Å². The molecule has 0 fully saturated rings. The Morgan fingerprint density at radius 2 is 1.71 bits per heavy atom. The monoisotopic (exact) mass is 402 g/mol. The molecule has 0 aliphatic heterocycles. The summed E-state index contributed by atoms with van der Waals surface area (Å²) in [5.41, 5.74) is 2.06. The molecule has 2 rings (SSSR count). The number of nitrogens with one attached hydrogen (secondary N) is 1. The number of hydrogen-bond donors (Lipinski definition) is 1. The molecule has 2 amide bonds. The van der Waals surface area contributed by atoms with E-state index in [1.807, 2.05) is 45.0 Å². The molecule has 1 atom stereocenters. The number of aryl methyl sites for hydroxylation is 1. The van der Waals surface area contributed by atoms with Crippen LogP contribution in [-0.2, 0) is 16.1 Å². The molecular weight excluding hydrogens is 376 g/mol. The van der Waals surface area contributed by atoms with Crippen molar-refractivity contribution in [2.45, 2.75) is 46.3 Å². The highest BCUT2D eigenvalue weighted by atomic mass is 35.5. The van der Waals surface area contributed by atoms with Crippen LogP contribution in [0.2, 0.25) is 5.02 Å². The van der Waals surface area contributed by atoms with Crippen LogP contribution in [0.25, 0.3) is 0 Å². The summed E-state index contributed by atoms with van der Waals surface area (Å²) in [6.07, 6.45) is 0. The van der Waals surface area contributed by atoms with E-state index in [0.29, 0.717) is 17.3 Å². The smallest absolute Gasteiger partial charge is 0.261 e. The summed E-state index contributed by atoms with van der Waals surface area (Å²) in [7, 11) is 0. The predicted octanol–water partition coefficient (Wildman–Crippen LogP) is 3.97. The van der Waals surface area contributed by atoms with Crippen molar-refractivity contribution in [1.29, 1.82) is 0 Å². The van der Waals surface area contributed by atoms with Crippen LogP contribution >= 0.6 is 11.6 Å². The van der Waals surface area contributed by atoms with Gasteiger partial charge in [-0.15, -0.1) is 0 Å². The second-order valence-electron chi connectivity index (χ2n) is 7.03. The fourth-order valence-corrected chi connectivity index (χ4v) is 2.84. The number of amides is 2. The van der Waals surface area contributed by atoms with Crippen molar-refractivity contribution >= 4 is 23.4 Å². The van der Waals surface area contributed by atoms with Gasteiger partial charge in [-0.1, -0.05) is 35.9 Å². The first-order valence-electron chi connectivity index (χ1n) is 9.30. The van der Waals surface area contributed by atoms with Gasteiger partial charge in [0.05, 0.1) is 0 Å². The molecule has 0 bridgehead atoms. The van der Waals surface area contributed by atoms with Gasteiger partial charge < -0.3 is 15.0 Å². The van der Waals surface area contributed by atoms with Gasteiger partial charge in [-0.05, 0) is 63.1 Å². The summed E-state index contributed by atoms with van der Waals surface area (Å²) < 4.78 is 5.60. The van der Waals surface area contributed by atoms with Crippen molar-refractivity contribution in [3.63, 3.8) is 0 Å². The molecule has 0 radical (unpaired) electrons. The van der Waals surface area contributed by atoms with E-state index in [0.717, 1.165) is 11.1 Å². The Hall–Kier alpha value is -2.53. The zero-order valence-corrected chi connectivity index (χ0v) is 17.5. The molecule has 28 heavy (non-hydrogen) atoms. The molecule has 2 aromatic carbocycles. The van der Waals surface area contributed by atoms with Gasteiger partial charge in [0, 0.05) is 17.6 Å². The number of nitrogens with zero attached hydrogens (tertiary/aromatic N) is 1. The Morgan fingerprint density at radius 1 is 1.07 bits per heavy atom. The summed E-state index contributed by atoms with van der Waals surface area (Å²) in [6.45, 7) is 7.68. The van der Waals surface area contributed by atoms with Crippen molar-refractivity contribution < 1.29 is 14.3 Å². The van der Waals surface area contributed by atoms with Crippen molar-refractivity contribution in [3.8, 4) is 5.75 Å². The van der Waals surface area contributed by atoms with Crippen LogP contribution in [0.15, 0.2) is 48.5 Å². The van der Waals surface area contributed by atoms with Crippen molar-refractivity contribution in [2.24, 2.45) is 0 Å². The first-order chi connectivity index (χ1) is 13.3. The summed E-state index contributed by atoms with van der Waals surface area (Å²) in [5, 5.41) is 3.47.